The van der Waals surface area contributed by atoms with Crippen molar-refractivity contribution in [3.05, 3.63) is 33.7 Å². The Bertz CT molecular complexity index is 649. The van der Waals surface area contributed by atoms with Gasteiger partial charge in [0.05, 0.1) is 18.4 Å². The molecule has 3 heterocycles. The number of carbonyl (C=O) groups is 2. The minimum absolute atomic E-state index is 0.000182. The average Bonchev–Trinajstić information content (AvgIpc) is 2.99. The van der Waals surface area contributed by atoms with Crippen LogP contribution >= 0.6 is 23.1 Å². The lowest BCUT2D eigenvalue weighted by atomic mass is 10.00. The number of hydrogen-bond donors (Lipinski definition) is 0. The van der Waals surface area contributed by atoms with Gasteiger partial charge >= 0.3 is 5.97 Å². The van der Waals surface area contributed by atoms with E-state index in [1.54, 1.807) is 23.6 Å². The maximum atomic E-state index is 12.4. The number of rotatable bonds is 2. The molecule has 21 heavy (non-hydrogen) atoms. The molecule has 1 aromatic heterocycles. The largest absolute Gasteiger partial charge is 0.466 e. The summed E-state index contributed by atoms with van der Waals surface area (Å²) in [6.07, 6.45) is 0.457. The van der Waals surface area contributed by atoms with Crippen molar-refractivity contribution in [3.8, 4) is 0 Å². The van der Waals surface area contributed by atoms with Gasteiger partial charge in [-0.1, -0.05) is 17.8 Å². The van der Waals surface area contributed by atoms with Crippen LogP contribution in [0.4, 0.5) is 0 Å². The first-order chi connectivity index (χ1) is 10.1. The van der Waals surface area contributed by atoms with E-state index >= 15 is 0 Å². The number of ether oxygens (including phenoxy) is 1. The van der Waals surface area contributed by atoms with Crippen molar-refractivity contribution in [2.75, 3.05) is 12.9 Å². The van der Waals surface area contributed by atoms with Gasteiger partial charge in [-0.3, -0.25) is 9.69 Å². The second-order valence-electron chi connectivity index (χ2n) is 4.67. The highest BCUT2D eigenvalue weighted by atomic mass is 32.2. The molecule has 0 radical (unpaired) electrons. The zero-order chi connectivity index (χ0) is 15.0. The second-order valence-corrected chi connectivity index (χ2v) is 6.71. The van der Waals surface area contributed by atoms with E-state index in [1.807, 2.05) is 17.5 Å². The predicted molar refractivity (Wildman–Crippen MR) is 83.1 cm³/mol. The number of nitrogens with zero attached hydrogens (tertiary/aromatic N) is 2. The first-order valence-corrected chi connectivity index (χ1v) is 8.36. The number of methoxy groups -OCH3 is 1. The summed E-state index contributed by atoms with van der Waals surface area (Å²) in [6, 6.07) is 3.42. The van der Waals surface area contributed by atoms with Crippen LogP contribution in [0.25, 0.3) is 0 Å². The molecule has 0 aromatic carbocycles. The third-order valence-electron chi connectivity index (χ3n) is 3.42. The van der Waals surface area contributed by atoms with Crippen molar-refractivity contribution in [2.45, 2.75) is 19.4 Å². The maximum absolute atomic E-state index is 12.4. The monoisotopic (exact) mass is 322 g/mol. The predicted octanol–water partition coefficient (Wildman–Crippen LogP) is 2.57. The number of fused-ring (bicyclic) bond motifs is 1. The van der Waals surface area contributed by atoms with Crippen molar-refractivity contribution in [1.82, 2.24) is 4.90 Å². The lowest BCUT2D eigenvalue weighted by molar-refractivity contribution is -0.137. The number of carbonyl (C=O) groups excluding carboxylic acids is 2. The molecule has 110 valence electrons. The fourth-order valence-corrected chi connectivity index (χ4v) is 4.31. The number of thiophene rings is 1. The van der Waals surface area contributed by atoms with Crippen molar-refractivity contribution >= 4 is 40.1 Å². The zero-order valence-electron chi connectivity index (χ0n) is 11.7. The number of thioether (sulfide) groups is 1. The van der Waals surface area contributed by atoms with Crippen LogP contribution in [-0.2, 0) is 14.3 Å². The van der Waals surface area contributed by atoms with Gasteiger partial charge in [-0.25, -0.2) is 9.79 Å². The minimum atomic E-state index is -0.433. The first kappa shape index (κ1) is 14.3. The van der Waals surface area contributed by atoms with E-state index in [4.69, 9.17) is 4.74 Å². The van der Waals surface area contributed by atoms with E-state index in [0.29, 0.717) is 22.9 Å². The van der Waals surface area contributed by atoms with Crippen LogP contribution in [0.3, 0.4) is 0 Å². The molecule has 0 saturated carbocycles. The lowest BCUT2D eigenvalue weighted by Crippen LogP contribution is -2.45. The minimum Gasteiger partial charge on any atom is -0.466 e. The SMILES string of the molecule is COC(=O)C1=C(C)N=C2SCCC(=O)N2[C@@H]1c1cccs1. The van der Waals surface area contributed by atoms with Crippen molar-refractivity contribution in [2.24, 2.45) is 4.99 Å². The number of amides is 1. The number of hydrogen-bond acceptors (Lipinski definition) is 6. The van der Waals surface area contributed by atoms with E-state index < -0.39 is 12.0 Å². The Kier molecular flexibility index (Phi) is 3.86. The Morgan fingerprint density at radius 2 is 2.33 bits per heavy atom. The van der Waals surface area contributed by atoms with E-state index in [1.165, 1.54) is 18.4 Å². The summed E-state index contributed by atoms with van der Waals surface area (Å²) in [5, 5.41) is 2.61. The van der Waals surface area contributed by atoms with Gasteiger partial charge in [-0.15, -0.1) is 11.3 Å². The summed E-state index contributed by atoms with van der Waals surface area (Å²) in [5.74, 6) is 0.295. The Hall–Kier alpha value is -1.60. The molecule has 1 atom stereocenters. The summed E-state index contributed by atoms with van der Waals surface area (Å²) < 4.78 is 4.90. The van der Waals surface area contributed by atoms with Gasteiger partial charge in [0.25, 0.3) is 0 Å². The first-order valence-electron chi connectivity index (χ1n) is 6.49. The van der Waals surface area contributed by atoms with Crippen LogP contribution in [0.15, 0.2) is 33.8 Å². The average molecular weight is 322 g/mol. The summed E-state index contributed by atoms with van der Waals surface area (Å²) in [5.41, 5.74) is 1.06. The Morgan fingerprint density at radius 1 is 1.52 bits per heavy atom. The number of allylic oxidation sites excluding steroid dienone is 1. The van der Waals surface area contributed by atoms with Gasteiger partial charge in [0.1, 0.15) is 6.04 Å². The van der Waals surface area contributed by atoms with Crippen molar-refractivity contribution < 1.29 is 14.3 Å². The van der Waals surface area contributed by atoms with Gasteiger partial charge in [-0.05, 0) is 18.4 Å². The van der Waals surface area contributed by atoms with E-state index in [2.05, 4.69) is 4.99 Å². The highest BCUT2D eigenvalue weighted by Crippen LogP contribution is 2.41. The molecule has 1 fully saturated rings. The maximum Gasteiger partial charge on any atom is 0.338 e. The Labute approximate surface area is 130 Å². The standard InChI is InChI=1S/C14H14N2O3S2/c1-8-11(13(18)19-2)12(9-4-3-6-20-9)16-10(17)5-7-21-14(16)15-8/h3-4,6,12H,5,7H2,1-2H3/t12-/m1/s1. The van der Waals surface area contributed by atoms with E-state index in [-0.39, 0.29) is 5.91 Å². The molecule has 1 aromatic rings. The van der Waals surface area contributed by atoms with Crippen molar-refractivity contribution in [1.29, 1.82) is 0 Å². The molecular weight excluding hydrogens is 308 g/mol. The molecule has 1 amide bonds. The molecule has 0 unspecified atom stereocenters. The molecular formula is C14H14N2O3S2. The second kappa shape index (κ2) is 5.65. The van der Waals surface area contributed by atoms with Crippen molar-refractivity contribution in [3.63, 3.8) is 0 Å². The molecule has 0 spiro atoms. The summed E-state index contributed by atoms with van der Waals surface area (Å²) in [6.45, 7) is 1.79. The van der Waals surface area contributed by atoms with Crippen LogP contribution in [0, 0.1) is 0 Å². The highest BCUT2D eigenvalue weighted by molar-refractivity contribution is 8.14. The molecule has 2 aliphatic rings. The van der Waals surface area contributed by atoms with Crippen LogP contribution in [-0.4, -0.2) is 34.8 Å². The highest BCUT2D eigenvalue weighted by Gasteiger charge is 2.41. The molecule has 0 aliphatic carbocycles. The molecule has 7 heteroatoms. The van der Waals surface area contributed by atoms with E-state index in [9.17, 15) is 9.59 Å². The summed E-state index contributed by atoms with van der Waals surface area (Å²) >= 11 is 3.07. The molecule has 5 nitrogen and oxygen atoms in total. The summed E-state index contributed by atoms with van der Waals surface area (Å²) in [4.78, 5) is 31.5. The van der Waals surface area contributed by atoms with Crippen LogP contribution < -0.4 is 0 Å². The fraction of sp³-hybridized carbons (Fsp3) is 0.357. The van der Waals surface area contributed by atoms with Gasteiger partial charge < -0.3 is 4.74 Å². The van der Waals surface area contributed by atoms with E-state index in [0.717, 1.165) is 10.6 Å². The molecule has 1 saturated heterocycles. The van der Waals surface area contributed by atoms with Crippen LogP contribution in [0.1, 0.15) is 24.3 Å². The van der Waals surface area contributed by atoms with Gasteiger partial charge in [0.15, 0.2) is 5.17 Å². The number of amidine groups is 1. The van der Waals surface area contributed by atoms with Gasteiger partial charge in [-0.2, -0.15) is 0 Å². The molecule has 0 bridgehead atoms. The Balaban J connectivity index is 2.16. The fourth-order valence-electron chi connectivity index (χ4n) is 2.48. The van der Waals surface area contributed by atoms with Crippen LogP contribution in [0.5, 0.6) is 0 Å². The third kappa shape index (κ3) is 2.40. The third-order valence-corrected chi connectivity index (χ3v) is 5.30. The smallest absolute Gasteiger partial charge is 0.338 e. The molecule has 3 rings (SSSR count). The van der Waals surface area contributed by atoms with Crippen LogP contribution in [0.2, 0.25) is 0 Å². The topological polar surface area (TPSA) is 59.0 Å². The quantitative estimate of drug-likeness (QED) is 0.785. The Morgan fingerprint density at radius 3 is 3.00 bits per heavy atom. The number of aliphatic imine (C=N–C) groups is 1. The summed E-state index contributed by atoms with van der Waals surface area (Å²) in [7, 11) is 1.35. The zero-order valence-corrected chi connectivity index (χ0v) is 13.3. The number of esters is 1. The van der Waals surface area contributed by atoms with Gasteiger partial charge in [0, 0.05) is 17.1 Å². The lowest BCUT2D eigenvalue weighted by Gasteiger charge is -2.38. The molecule has 2 aliphatic heterocycles. The van der Waals surface area contributed by atoms with Gasteiger partial charge in [0.2, 0.25) is 5.91 Å². The molecule has 0 N–H and O–H groups in total. The normalized spacial score (nSPS) is 22.0.